The Hall–Kier alpha value is -3.97. The molecule has 0 bridgehead atoms. The number of rotatable bonds is 4. The lowest BCUT2D eigenvalue weighted by Crippen LogP contribution is -2.31. The van der Waals surface area contributed by atoms with Gasteiger partial charge in [0.25, 0.3) is 5.91 Å². The van der Waals surface area contributed by atoms with Crippen LogP contribution >= 0.6 is 11.6 Å². The standard InChI is InChI=1S/C25H21ClN6O/c1-15-5-7-18(8-6-15)23-30-25-28-16(2)21(24(33)29-20-4-3-13-27-14-20)22(32(25)31-23)17-9-11-19(26)12-10-17/h3-14,22H,1-2H3,(H,29,33)(H,28,30,31). The molecule has 8 heteroatoms. The Labute approximate surface area is 196 Å². The molecule has 7 nitrogen and oxygen atoms in total. The highest BCUT2D eigenvalue weighted by atomic mass is 35.5. The number of nitrogens with one attached hydrogen (secondary N) is 2. The molecule has 164 valence electrons. The average molecular weight is 457 g/mol. The third-order valence-corrected chi connectivity index (χ3v) is 5.76. The molecule has 4 aromatic rings. The number of carbonyl (C=O) groups excluding carboxylic acids is 1. The molecule has 33 heavy (non-hydrogen) atoms. The first kappa shape index (κ1) is 20.9. The quantitative estimate of drug-likeness (QED) is 0.439. The molecule has 2 aromatic heterocycles. The number of carbonyl (C=O) groups is 1. The monoisotopic (exact) mass is 456 g/mol. The number of aryl methyl sites for hydroxylation is 1. The number of benzene rings is 2. The summed E-state index contributed by atoms with van der Waals surface area (Å²) in [5.74, 6) is 0.908. The van der Waals surface area contributed by atoms with Crippen molar-refractivity contribution in [2.45, 2.75) is 19.9 Å². The highest BCUT2D eigenvalue weighted by Crippen LogP contribution is 2.37. The highest BCUT2D eigenvalue weighted by Gasteiger charge is 2.34. The number of anilines is 2. The van der Waals surface area contributed by atoms with Gasteiger partial charge in [-0.25, -0.2) is 4.68 Å². The molecule has 0 spiro atoms. The van der Waals surface area contributed by atoms with Gasteiger partial charge < -0.3 is 10.6 Å². The molecule has 1 aliphatic rings. The smallest absolute Gasteiger partial charge is 0.255 e. The predicted octanol–water partition coefficient (Wildman–Crippen LogP) is 5.23. The molecule has 5 rings (SSSR count). The lowest BCUT2D eigenvalue weighted by Gasteiger charge is -2.28. The molecular weight excluding hydrogens is 436 g/mol. The third-order valence-electron chi connectivity index (χ3n) is 5.51. The maximum absolute atomic E-state index is 13.4. The van der Waals surface area contributed by atoms with E-state index in [1.165, 1.54) is 0 Å². The van der Waals surface area contributed by atoms with Gasteiger partial charge in [0.15, 0.2) is 5.82 Å². The summed E-state index contributed by atoms with van der Waals surface area (Å²) in [5, 5.41) is 11.6. The van der Waals surface area contributed by atoms with Crippen LogP contribution in [0.5, 0.6) is 0 Å². The van der Waals surface area contributed by atoms with Crippen LogP contribution in [-0.4, -0.2) is 25.7 Å². The lowest BCUT2D eigenvalue weighted by atomic mass is 9.95. The van der Waals surface area contributed by atoms with Gasteiger partial charge in [-0.05, 0) is 43.7 Å². The zero-order valence-electron chi connectivity index (χ0n) is 18.1. The molecular formula is C25H21ClN6O. The number of aromatic nitrogens is 4. The maximum atomic E-state index is 13.4. The molecule has 0 saturated carbocycles. The second-order valence-electron chi connectivity index (χ2n) is 7.88. The average Bonchev–Trinajstić information content (AvgIpc) is 3.23. The summed E-state index contributed by atoms with van der Waals surface area (Å²) in [6.07, 6.45) is 3.27. The van der Waals surface area contributed by atoms with Crippen molar-refractivity contribution in [2.75, 3.05) is 10.6 Å². The molecule has 0 aliphatic carbocycles. The van der Waals surface area contributed by atoms with Crippen LogP contribution < -0.4 is 10.6 Å². The Kier molecular flexibility index (Phi) is 5.40. The molecule has 0 fully saturated rings. The Morgan fingerprint density at radius 1 is 1.06 bits per heavy atom. The van der Waals surface area contributed by atoms with Gasteiger partial charge in [0.1, 0.15) is 6.04 Å². The van der Waals surface area contributed by atoms with E-state index in [0.29, 0.717) is 33.8 Å². The van der Waals surface area contributed by atoms with Crippen LogP contribution in [0, 0.1) is 6.92 Å². The number of allylic oxidation sites excluding steroid dienone is 1. The summed E-state index contributed by atoms with van der Waals surface area (Å²) in [5.41, 5.74) is 4.78. The largest absolute Gasteiger partial charge is 0.328 e. The second kappa shape index (κ2) is 8.52. The number of fused-ring (bicyclic) bond motifs is 1. The first-order chi connectivity index (χ1) is 16.0. The fraction of sp³-hybridized carbons (Fsp3) is 0.120. The summed E-state index contributed by atoms with van der Waals surface area (Å²) in [6.45, 7) is 3.90. The lowest BCUT2D eigenvalue weighted by molar-refractivity contribution is -0.113. The van der Waals surface area contributed by atoms with Gasteiger partial charge in [-0.15, -0.1) is 5.10 Å². The van der Waals surface area contributed by atoms with Crippen LogP contribution in [0.15, 0.2) is 84.3 Å². The van der Waals surface area contributed by atoms with E-state index >= 15 is 0 Å². The molecule has 1 unspecified atom stereocenters. The van der Waals surface area contributed by atoms with Gasteiger partial charge in [0.2, 0.25) is 5.95 Å². The van der Waals surface area contributed by atoms with E-state index in [4.69, 9.17) is 21.7 Å². The van der Waals surface area contributed by atoms with Crippen LogP contribution in [0.25, 0.3) is 11.4 Å². The first-order valence-corrected chi connectivity index (χ1v) is 10.9. The van der Waals surface area contributed by atoms with Crippen LogP contribution in [0.2, 0.25) is 5.02 Å². The minimum atomic E-state index is -0.484. The van der Waals surface area contributed by atoms with Gasteiger partial charge in [-0.3, -0.25) is 9.78 Å². The van der Waals surface area contributed by atoms with Crippen molar-refractivity contribution < 1.29 is 4.79 Å². The number of hydrogen-bond acceptors (Lipinski definition) is 5. The van der Waals surface area contributed by atoms with Gasteiger partial charge in [0.05, 0.1) is 17.5 Å². The van der Waals surface area contributed by atoms with Crippen molar-refractivity contribution in [3.05, 3.63) is 100 Å². The molecule has 1 atom stereocenters. The topological polar surface area (TPSA) is 84.7 Å². The minimum absolute atomic E-state index is 0.244. The van der Waals surface area contributed by atoms with E-state index in [1.807, 2.05) is 62.4 Å². The maximum Gasteiger partial charge on any atom is 0.255 e. The number of pyridine rings is 1. The Morgan fingerprint density at radius 2 is 1.82 bits per heavy atom. The molecule has 2 aromatic carbocycles. The second-order valence-corrected chi connectivity index (χ2v) is 8.32. The molecule has 0 radical (unpaired) electrons. The fourth-order valence-corrected chi connectivity index (χ4v) is 3.98. The van der Waals surface area contributed by atoms with E-state index in [2.05, 4.69) is 15.6 Å². The van der Waals surface area contributed by atoms with Crippen molar-refractivity contribution in [3.63, 3.8) is 0 Å². The predicted molar refractivity (Wildman–Crippen MR) is 129 cm³/mol. The normalized spacial score (nSPS) is 15.1. The Morgan fingerprint density at radius 3 is 2.52 bits per heavy atom. The summed E-state index contributed by atoms with van der Waals surface area (Å²) in [6, 6.07) is 18.5. The van der Waals surface area contributed by atoms with Crippen LogP contribution in [0.4, 0.5) is 11.6 Å². The van der Waals surface area contributed by atoms with Crippen molar-refractivity contribution in [3.8, 4) is 11.4 Å². The van der Waals surface area contributed by atoms with Gasteiger partial charge >= 0.3 is 0 Å². The summed E-state index contributed by atoms with van der Waals surface area (Å²) < 4.78 is 1.75. The molecule has 1 amide bonds. The summed E-state index contributed by atoms with van der Waals surface area (Å²) >= 11 is 6.14. The van der Waals surface area contributed by atoms with Crippen LogP contribution in [-0.2, 0) is 4.79 Å². The highest BCUT2D eigenvalue weighted by molar-refractivity contribution is 6.30. The minimum Gasteiger partial charge on any atom is -0.328 e. The van der Waals surface area contributed by atoms with Crippen LogP contribution in [0.3, 0.4) is 0 Å². The van der Waals surface area contributed by atoms with E-state index in [9.17, 15) is 4.79 Å². The van der Waals surface area contributed by atoms with Crippen molar-refractivity contribution in [1.29, 1.82) is 0 Å². The van der Waals surface area contributed by atoms with Crippen molar-refractivity contribution in [2.24, 2.45) is 0 Å². The van der Waals surface area contributed by atoms with Gasteiger partial charge in [-0.1, -0.05) is 53.6 Å². The van der Waals surface area contributed by atoms with E-state index in [0.717, 1.165) is 16.7 Å². The third kappa shape index (κ3) is 4.10. The number of hydrogen-bond donors (Lipinski definition) is 2. The van der Waals surface area contributed by atoms with E-state index in [1.54, 1.807) is 29.2 Å². The summed E-state index contributed by atoms with van der Waals surface area (Å²) in [7, 11) is 0. The number of halogens is 1. The van der Waals surface area contributed by atoms with E-state index < -0.39 is 6.04 Å². The van der Waals surface area contributed by atoms with Gasteiger partial charge in [0, 0.05) is 22.5 Å². The fourth-order valence-electron chi connectivity index (χ4n) is 3.86. The Balaban J connectivity index is 1.60. The van der Waals surface area contributed by atoms with Crippen LogP contribution in [0.1, 0.15) is 24.1 Å². The molecule has 3 heterocycles. The zero-order chi connectivity index (χ0) is 22.9. The summed E-state index contributed by atoms with van der Waals surface area (Å²) in [4.78, 5) is 22.2. The SMILES string of the molecule is CC1=C(C(=O)Nc2cccnc2)C(c2ccc(Cl)cc2)n2nc(-c3ccc(C)cc3)nc2N1. The van der Waals surface area contributed by atoms with E-state index in [-0.39, 0.29) is 5.91 Å². The number of amides is 1. The first-order valence-electron chi connectivity index (χ1n) is 10.5. The van der Waals surface area contributed by atoms with Gasteiger partial charge in [-0.2, -0.15) is 4.98 Å². The Bertz CT molecular complexity index is 1340. The molecule has 1 aliphatic heterocycles. The zero-order valence-corrected chi connectivity index (χ0v) is 18.8. The molecule has 2 N–H and O–H groups in total. The molecule has 0 saturated heterocycles. The van der Waals surface area contributed by atoms with Crippen molar-refractivity contribution in [1.82, 2.24) is 19.7 Å². The van der Waals surface area contributed by atoms with Crippen molar-refractivity contribution >= 4 is 29.1 Å². The number of nitrogens with zero attached hydrogens (tertiary/aromatic N) is 4.